The number of anilines is 1. The van der Waals surface area contributed by atoms with Crippen molar-refractivity contribution in [1.29, 1.82) is 0 Å². The number of rotatable bonds is 2. The van der Waals surface area contributed by atoms with E-state index in [1.165, 1.54) is 0 Å². The van der Waals surface area contributed by atoms with E-state index < -0.39 is 5.79 Å². The predicted octanol–water partition coefficient (Wildman–Crippen LogP) is 3.67. The molecule has 1 fully saturated rings. The minimum Gasteiger partial charge on any atom is -0.377 e. The summed E-state index contributed by atoms with van der Waals surface area (Å²) in [6.07, 6.45) is 0. The molecule has 5 heteroatoms. The summed E-state index contributed by atoms with van der Waals surface area (Å²) in [5.41, 5.74) is 0.992. The quantitative estimate of drug-likeness (QED) is 0.902. The summed E-state index contributed by atoms with van der Waals surface area (Å²) in [7, 11) is 0. The standard InChI is InChI=1S/C12H15BrClNO2/c1-12(2)16-6-9(7-17-12)15-11-4-3-8(14)5-10(11)13/h3-5,9,15H,6-7H2,1-2H3. The molecular weight excluding hydrogens is 305 g/mol. The molecule has 0 aromatic heterocycles. The molecule has 1 aliphatic heterocycles. The van der Waals surface area contributed by atoms with Crippen molar-refractivity contribution in [1.82, 2.24) is 0 Å². The topological polar surface area (TPSA) is 30.5 Å². The van der Waals surface area contributed by atoms with Gasteiger partial charge in [0.1, 0.15) is 0 Å². The Bertz CT molecular complexity index is 401. The SMILES string of the molecule is CC1(C)OCC(Nc2ccc(Cl)cc2Br)CO1. The summed E-state index contributed by atoms with van der Waals surface area (Å²) in [4.78, 5) is 0. The molecule has 0 saturated carbocycles. The van der Waals surface area contributed by atoms with Crippen molar-refractivity contribution in [2.45, 2.75) is 25.7 Å². The van der Waals surface area contributed by atoms with Crippen LogP contribution in [0.5, 0.6) is 0 Å². The van der Waals surface area contributed by atoms with Gasteiger partial charge in [0.05, 0.1) is 19.3 Å². The van der Waals surface area contributed by atoms with E-state index in [4.69, 9.17) is 21.1 Å². The Kier molecular flexibility index (Phi) is 3.98. The maximum absolute atomic E-state index is 5.89. The Hall–Kier alpha value is -0.290. The molecule has 1 heterocycles. The first kappa shape index (κ1) is 13.1. The number of nitrogens with one attached hydrogen (secondary N) is 1. The van der Waals surface area contributed by atoms with Crippen molar-refractivity contribution in [3.63, 3.8) is 0 Å². The number of hydrogen-bond acceptors (Lipinski definition) is 3. The lowest BCUT2D eigenvalue weighted by Gasteiger charge is -2.35. The highest BCUT2D eigenvalue weighted by atomic mass is 79.9. The van der Waals surface area contributed by atoms with Gasteiger partial charge < -0.3 is 14.8 Å². The van der Waals surface area contributed by atoms with Crippen LogP contribution in [0, 0.1) is 0 Å². The summed E-state index contributed by atoms with van der Waals surface area (Å²) < 4.78 is 12.1. The normalized spacial score (nSPS) is 20.2. The fourth-order valence-electron chi connectivity index (χ4n) is 1.60. The van der Waals surface area contributed by atoms with Crippen molar-refractivity contribution >= 4 is 33.2 Å². The fraction of sp³-hybridized carbons (Fsp3) is 0.500. The van der Waals surface area contributed by atoms with Crippen LogP contribution in [-0.4, -0.2) is 25.0 Å². The van der Waals surface area contributed by atoms with Gasteiger partial charge in [0, 0.05) is 15.2 Å². The average Bonchev–Trinajstić information content (AvgIpc) is 2.25. The molecule has 17 heavy (non-hydrogen) atoms. The van der Waals surface area contributed by atoms with E-state index in [9.17, 15) is 0 Å². The largest absolute Gasteiger partial charge is 0.377 e. The molecule has 1 aromatic carbocycles. The second-order valence-electron chi connectivity index (χ2n) is 4.49. The molecule has 0 aliphatic carbocycles. The molecule has 0 atom stereocenters. The summed E-state index contributed by atoms with van der Waals surface area (Å²) in [5, 5.41) is 4.07. The van der Waals surface area contributed by atoms with Gasteiger partial charge in [0.2, 0.25) is 0 Å². The van der Waals surface area contributed by atoms with Crippen molar-refractivity contribution in [3.8, 4) is 0 Å². The van der Waals surface area contributed by atoms with Gasteiger partial charge in [0.15, 0.2) is 5.79 Å². The van der Waals surface area contributed by atoms with E-state index in [-0.39, 0.29) is 6.04 Å². The molecule has 0 radical (unpaired) electrons. The lowest BCUT2D eigenvalue weighted by atomic mass is 10.2. The lowest BCUT2D eigenvalue weighted by Crippen LogP contribution is -2.45. The Labute approximate surface area is 115 Å². The molecule has 0 amide bonds. The van der Waals surface area contributed by atoms with Crippen molar-refractivity contribution in [2.75, 3.05) is 18.5 Å². The first-order valence-electron chi connectivity index (χ1n) is 5.46. The maximum atomic E-state index is 5.89. The van der Waals surface area contributed by atoms with Crippen LogP contribution in [0.4, 0.5) is 5.69 Å². The zero-order valence-corrected chi connectivity index (χ0v) is 12.1. The summed E-state index contributed by atoms with van der Waals surface area (Å²) in [5.74, 6) is -0.477. The molecule has 1 aromatic rings. The zero-order chi connectivity index (χ0) is 12.5. The fourth-order valence-corrected chi connectivity index (χ4v) is 2.40. The average molecular weight is 321 g/mol. The van der Waals surface area contributed by atoms with Crippen LogP contribution >= 0.6 is 27.5 Å². The van der Waals surface area contributed by atoms with E-state index >= 15 is 0 Å². The third-order valence-corrected chi connectivity index (χ3v) is 3.45. The van der Waals surface area contributed by atoms with Gasteiger partial charge in [-0.1, -0.05) is 11.6 Å². The Morgan fingerprint density at radius 3 is 2.59 bits per heavy atom. The summed E-state index contributed by atoms with van der Waals surface area (Å²) in [6.45, 7) is 5.09. The molecule has 0 bridgehead atoms. The molecule has 1 N–H and O–H groups in total. The van der Waals surface area contributed by atoms with Crippen LogP contribution < -0.4 is 5.32 Å². The summed E-state index contributed by atoms with van der Waals surface area (Å²) in [6, 6.07) is 5.80. The Balaban J connectivity index is 1.98. The van der Waals surface area contributed by atoms with Gasteiger partial charge >= 0.3 is 0 Å². The van der Waals surface area contributed by atoms with Crippen LogP contribution in [0.2, 0.25) is 5.02 Å². The van der Waals surface area contributed by atoms with Crippen LogP contribution in [0.15, 0.2) is 22.7 Å². The van der Waals surface area contributed by atoms with Gasteiger partial charge in [-0.25, -0.2) is 0 Å². The third-order valence-electron chi connectivity index (χ3n) is 2.55. The van der Waals surface area contributed by atoms with Crippen molar-refractivity contribution in [2.24, 2.45) is 0 Å². The molecule has 2 rings (SSSR count). The van der Waals surface area contributed by atoms with Crippen molar-refractivity contribution in [3.05, 3.63) is 27.7 Å². The minimum absolute atomic E-state index is 0.153. The number of halogens is 2. The highest BCUT2D eigenvalue weighted by Gasteiger charge is 2.28. The van der Waals surface area contributed by atoms with E-state index in [1.54, 1.807) is 0 Å². The smallest absolute Gasteiger partial charge is 0.162 e. The van der Waals surface area contributed by atoms with Gasteiger partial charge in [-0.15, -0.1) is 0 Å². The number of ether oxygens (including phenoxy) is 2. The molecule has 1 saturated heterocycles. The predicted molar refractivity (Wildman–Crippen MR) is 72.5 cm³/mol. The molecule has 3 nitrogen and oxygen atoms in total. The van der Waals surface area contributed by atoms with Crippen LogP contribution in [0.25, 0.3) is 0 Å². The number of benzene rings is 1. The van der Waals surface area contributed by atoms with E-state index in [1.807, 2.05) is 32.0 Å². The van der Waals surface area contributed by atoms with Crippen LogP contribution in [-0.2, 0) is 9.47 Å². The van der Waals surface area contributed by atoms with Crippen LogP contribution in [0.3, 0.4) is 0 Å². The molecule has 0 unspecified atom stereocenters. The van der Waals surface area contributed by atoms with Crippen LogP contribution in [0.1, 0.15) is 13.8 Å². The highest BCUT2D eigenvalue weighted by molar-refractivity contribution is 9.10. The van der Waals surface area contributed by atoms with E-state index in [0.29, 0.717) is 18.2 Å². The lowest BCUT2D eigenvalue weighted by molar-refractivity contribution is -0.247. The first-order valence-corrected chi connectivity index (χ1v) is 6.63. The number of hydrogen-bond donors (Lipinski definition) is 1. The molecular formula is C12H15BrClNO2. The van der Waals surface area contributed by atoms with Gasteiger partial charge in [-0.05, 0) is 48.0 Å². The highest BCUT2D eigenvalue weighted by Crippen LogP contribution is 2.27. The van der Waals surface area contributed by atoms with E-state index in [0.717, 1.165) is 10.2 Å². The minimum atomic E-state index is -0.477. The molecule has 1 aliphatic rings. The monoisotopic (exact) mass is 319 g/mol. The third kappa shape index (κ3) is 3.58. The zero-order valence-electron chi connectivity index (χ0n) is 9.80. The Morgan fingerprint density at radius 2 is 2.00 bits per heavy atom. The van der Waals surface area contributed by atoms with Gasteiger partial charge in [-0.3, -0.25) is 0 Å². The van der Waals surface area contributed by atoms with Gasteiger partial charge in [0.25, 0.3) is 0 Å². The molecule has 94 valence electrons. The second-order valence-corrected chi connectivity index (χ2v) is 5.78. The summed E-state index contributed by atoms with van der Waals surface area (Å²) >= 11 is 9.36. The van der Waals surface area contributed by atoms with Crippen molar-refractivity contribution < 1.29 is 9.47 Å². The maximum Gasteiger partial charge on any atom is 0.162 e. The molecule has 0 spiro atoms. The van der Waals surface area contributed by atoms with Gasteiger partial charge in [-0.2, -0.15) is 0 Å². The second kappa shape index (κ2) is 5.14. The van der Waals surface area contributed by atoms with E-state index in [2.05, 4.69) is 21.2 Å². The first-order chi connectivity index (χ1) is 7.96. The Morgan fingerprint density at radius 1 is 1.35 bits per heavy atom.